The molecule has 4 heteroatoms. The van der Waals surface area contributed by atoms with E-state index in [9.17, 15) is 9.90 Å². The molecule has 1 fully saturated rings. The number of rotatable bonds is 11. The zero-order valence-electron chi connectivity index (χ0n) is 13.6. The van der Waals surface area contributed by atoms with E-state index in [0.717, 1.165) is 31.3 Å². The van der Waals surface area contributed by atoms with Crippen molar-refractivity contribution in [2.45, 2.75) is 70.9 Å². The summed E-state index contributed by atoms with van der Waals surface area (Å²) in [6.45, 7) is 8.64. The normalized spacial score (nSPS) is 18.5. The van der Waals surface area contributed by atoms with Crippen molar-refractivity contribution in [3.05, 3.63) is 0 Å². The van der Waals surface area contributed by atoms with Gasteiger partial charge in [-0.25, -0.2) is 0 Å². The summed E-state index contributed by atoms with van der Waals surface area (Å²) in [7, 11) is 1.73. The maximum absolute atomic E-state index is 11.2. The highest BCUT2D eigenvalue weighted by atomic mass is 16.4. The van der Waals surface area contributed by atoms with Gasteiger partial charge in [0.2, 0.25) is 0 Å². The Balaban J connectivity index is 2.25. The Morgan fingerprint density at radius 3 is 2.45 bits per heavy atom. The van der Waals surface area contributed by atoms with Gasteiger partial charge in [0.1, 0.15) is 5.54 Å². The van der Waals surface area contributed by atoms with Crippen molar-refractivity contribution >= 4 is 5.97 Å². The van der Waals surface area contributed by atoms with Crippen LogP contribution in [0.2, 0.25) is 0 Å². The molecule has 4 nitrogen and oxygen atoms in total. The molecule has 0 bridgehead atoms. The SMILES string of the molecule is CNC(C)(CCCCN(CCC(C)C)C1CC1)C(=O)O. The van der Waals surface area contributed by atoms with Gasteiger partial charge in [0.15, 0.2) is 0 Å². The lowest BCUT2D eigenvalue weighted by atomic mass is 9.95. The van der Waals surface area contributed by atoms with E-state index in [2.05, 4.69) is 24.1 Å². The number of likely N-dealkylation sites (N-methyl/N-ethyl adjacent to an activating group) is 1. The van der Waals surface area contributed by atoms with Crippen LogP contribution in [-0.4, -0.2) is 47.7 Å². The lowest BCUT2D eigenvalue weighted by molar-refractivity contribution is -0.144. The lowest BCUT2D eigenvalue weighted by Crippen LogP contribution is -2.47. The maximum Gasteiger partial charge on any atom is 0.323 e. The monoisotopic (exact) mass is 284 g/mol. The molecule has 2 N–H and O–H groups in total. The Kier molecular flexibility index (Phi) is 6.96. The number of nitrogens with one attached hydrogen (secondary N) is 1. The summed E-state index contributed by atoms with van der Waals surface area (Å²) in [6, 6.07) is 0.809. The zero-order valence-corrected chi connectivity index (χ0v) is 13.6. The molecule has 0 saturated heterocycles. The number of carboxylic acid groups (broad SMARTS) is 1. The first-order valence-electron chi connectivity index (χ1n) is 8.05. The first kappa shape index (κ1) is 17.4. The molecule has 1 aliphatic carbocycles. The van der Waals surface area contributed by atoms with E-state index in [1.807, 2.05) is 0 Å². The number of carbonyl (C=O) groups is 1. The number of aliphatic carboxylic acids is 1. The molecule has 0 radical (unpaired) electrons. The Morgan fingerprint density at radius 2 is 2.00 bits per heavy atom. The van der Waals surface area contributed by atoms with Gasteiger partial charge < -0.3 is 15.3 Å². The highest BCUT2D eigenvalue weighted by Gasteiger charge is 2.31. The standard InChI is InChI=1S/C16H32N2O2/c1-13(2)9-12-18(14-7-8-14)11-6-5-10-16(3,17-4)15(19)20/h13-14,17H,5-12H2,1-4H3,(H,19,20). The van der Waals surface area contributed by atoms with E-state index in [0.29, 0.717) is 6.42 Å². The number of hydrogen-bond acceptors (Lipinski definition) is 3. The topological polar surface area (TPSA) is 52.6 Å². The number of unbranched alkanes of at least 4 members (excludes halogenated alkanes) is 1. The van der Waals surface area contributed by atoms with E-state index in [1.54, 1.807) is 14.0 Å². The molecule has 20 heavy (non-hydrogen) atoms. The van der Waals surface area contributed by atoms with Crippen LogP contribution in [0.1, 0.15) is 59.3 Å². The van der Waals surface area contributed by atoms with Crippen molar-refractivity contribution < 1.29 is 9.90 Å². The van der Waals surface area contributed by atoms with Crippen LogP contribution in [0.15, 0.2) is 0 Å². The Labute approximate surface area is 123 Å². The Hall–Kier alpha value is -0.610. The molecule has 1 saturated carbocycles. The minimum atomic E-state index is -0.775. The van der Waals surface area contributed by atoms with Crippen molar-refractivity contribution in [1.82, 2.24) is 10.2 Å². The fourth-order valence-electron chi connectivity index (χ4n) is 2.47. The van der Waals surface area contributed by atoms with Gasteiger partial charge in [0.05, 0.1) is 0 Å². The molecule has 0 amide bonds. The van der Waals surface area contributed by atoms with Gasteiger partial charge in [-0.15, -0.1) is 0 Å². The van der Waals surface area contributed by atoms with Crippen LogP contribution in [-0.2, 0) is 4.79 Å². The highest BCUT2D eigenvalue weighted by Crippen LogP contribution is 2.28. The van der Waals surface area contributed by atoms with Crippen LogP contribution in [0.3, 0.4) is 0 Å². The summed E-state index contributed by atoms with van der Waals surface area (Å²) in [6.07, 6.45) is 6.72. The quantitative estimate of drug-likeness (QED) is 0.573. The fourth-order valence-corrected chi connectivity index (χ4v) is 2.47. The summed E-state index contributed by atoms with van der Waals surface area (Å²) < 4.78 is 0. The predicted molar refractivity (Wildman–Crippen MR) is 83.0 cm³/mol. The second-order valence-corrected chi connectivity index (χ2v) is 6.79. The van der Waals surface area contributed by atoms with Crippen LogP contribution in [0, 0.1) is 5.92 Å². The second kappa shape index (κ2) is 7.99. The van der Waals surface area contributed by atoms with Crippen LogP contribution < -0.4 is 5.32 Å². The molecule has 0 aliphatic heterocycles. The van der Waals surface area contributed by atoms with Crippen LogP contribution in [0.4, 0.5) is 0 Å². The minimum absolute atomic E-state index is 0.696. The molecular formula is C16H32N2O2. The van der Waals surface area contributed by atoms with Crippen molar-refractivity contribution in [2.75, 3.05) is 20.1 Å². The molecule has 118 valence electrons. The van der Waals surface area contributed by atoms with E-state index in [-0.39, 0.29) is 0 Å². The van der Waals surface area contributed by atoms with Gasteiger partial charge in [0.25, 0.3) is 0 Å². The predicted octanol–water partition coefficient (Wildman–Crippen LogP) is 2.73. The smallest absolute Gasteiger partial charge is 0.323 e. The number of hydrogen-bond donors (Lipinski definition) is 2. The van der Waals surface area contributed by atoms with Crippen LogP contribution in [0.5, 0.6) is 0 Å². The first-order valence-corrected chi connectivity index (χ1v) is 8.05. The van der Waals surface area contributed by atoms with Gasteiger partial charge in [-0.2, -0.15) is 0 Å². The summed E-state index contributed by atoms with van der Waals surface area (Å²) >= 11 is 0. The van der Waals surface area contributed by atoms with Gasteiger partial charge in [-0.05, 0) is 71.5 Å². The third-order valence-electron chi connectivity index (χ3n) is 4.45. The molecule has 1 rings (SSSR count). The van der Waals surface area contributed by atoms with E-state index < -0.39 is 11.5 Å². The van der Waals surface area contributed by atoms with Crippen molar-refractivity contribution in [2.24, 2.45) is 5.92 Å². The molecular weight excluding hydrogens is 252 g/mol. The van der Waals surface area contributed by atoms with E-state index >= 15 is 0 Å². The summed E-state index contributed by atoms with van der Waals surface area (Å²) in [5.74, 6) is 0.00898. The molecule has 0 aromatic heterocycles. The van der Waals surface area contributed by atoms with Crippen LogP contribution >= 0.6 is 0 Å². The van der Waals surface area contributed by atoms with E-state index in [1.165, 1.54) is 25.8 Å². The fraction of sp³-hybridized carbons (Fsp3) is 0.938. The highest BCUT2D eigenvalue weighted by molar-refractivity contribution is 5.78. The number of nitrogens with zero attached hydrogens (tertiary/aromatic N) is 1. The van der Waals surface area contributed by atoms with Gasteiger partial charge in [-0.1, -0.05) is 13.8 Å². The average Bonchev–Trinajstić information content (AvgIpc) is 3.21. The van der Waals surface area contributed by atoms with Gasteiger partial charge >= 0.3 is 5.97 Å². The van der Waals surface area contributed by atoms with Crippen molar-refractivity contribution in [1.29, 1.82) is 0 Å². The minimum Gasteiger partial charge on any atom is -0.480 e. The van der Waals surface area contributed by atoms with Crippen molar-refractivity contribution in [3.8, 4) is 0 Å². The summed E-state index contributed by atoms with van der Waals surface area (Å²) in [4.78, 5) is 13.8. The largest absolute Gasteiger partial charge is 0.480 e. The second-order valence-electron chi connectivity index (χ2n) is 6.79. The Morgan fingerprint density at radius 1 is 1.35 bits per heavy atom. The molecule has 0 aromatic rings. The molecule has 0 spiro atoms. The zero-order chi connectivity index (χ0) is 15.2. The molecule has 0 aromatic carbocycles. The third kappa shape index (κ3) is 5.80. The molecule has 1 atom stereocenters. The molecule has 1 unspecified atom stereocenters. The van der Waals surface area contributed by atoms with Gasteiger partial charge in [-0.3, -0.25) is 4.79 Å². The van der Waals surface area contributed by atoms with E-state index in [4.69, 9.17) is 0 Å². The molecule has 0 heterocycles. The third-order valence-corrected chi connectivity index (χ3v) is 4.45. The molecule has 1 aliphatic rings. The van der Waals surface area contributed by atoms with Crippen LogP contribution in [0.25, 0.3) is 0 Å². The first-order chi connectivity index (χ1) is 9.39. The average molecular weight is 284 g/mol. The maximum atomic E-state index is 11.2. The summed E-state index contributed by atoms with van der Waals surface area (Å²) in [5.41, 5.74) is -0.775. The lowest BCUT2D eigenvalue weighted by Gasteiger charge is -2.26. The summed E-state index contributed by atoms with van der Waals surface area (Å²) in [5, 5.41) is 12.1. The van der Waals surface area contributed by atoms with Gasteiger partial charge in [0, 0.05) is 6.04 Å². The number of carboxylic acids is 1. The van der Waals surface area contributed by atoms with Crippen molar-refractivity contribution in [3.63, 3.8) is 0 Å². The Bertz CT molecular complexity index is 303.